The second-order valence-corrected chi connectivity index (χ2v) is 13.6. The van der Waals surface area contributed by atoms with Gasteiger partial charge in [0.2, 0.25) is 0 Å². The number of nitrogens with one attached hydrogen (secondary N) is 1. The highest BCUT2D eigenvalue weighted by molar-refractivity contribution is 7.17. The van der Waals surface area contributed by atoms with Crippen LogP contribution in [0.3, 0.4) is 0 Å². The number of para-hydroxylation sites is 2. The molecule has 0 bridgehead atoms. The highest BCUT2D eigenvalue weighted by atomic mass is 32.1. The molecule has 1 spiro atoms. The first kappa shape index (κ1) is 29.3. The van der Waals surface area contributed by atoms with Crippen molar-refractivity contribution in [2.24, 2.45) is 5.41 Å². The van der Waals surface area contributed by atoms with E-state index in [0.29, 0.717) is 40.2 Å². The number of hydrogen-bond acceptors (Lipinski definition) is 8. The van der Waals surface area contributed by atoms with E-state index in [0.717, 1.165) is 77.8 Å². The van der Waals surface area contributed by atoms with Crippen molar-refractivity contribution in [3.63, 3.8) is 0 Å². The first-order valence-electron chi connectivity index (χ1n) is 15.9. The van der Waals surface area contributed by atoms with Crippen LogP contribution in [0.2, 0.25) is 0 Å². The van der Waals surface area contributed by atoms with Crippen molar-refractivity contribution < 1.29 is 14.3 Å². The number of nitrogens with zero attached hydrogens (tertiary/aromatic N) is 4. The van der Waals surface area contributed by atoms with Crippen molar-refractivity contribution in [2.45, 2.75) is 19.3 Å². The van der Waals surface area contributed by atoms with E-state index in [1.165, 1.54) is 11.3 Å². The fourth-order valence-corrected chi connectivity index (χ4v) is 8.10. The summed E-state index contributed by atoms with van der Waals surface area (Å²) in [6.07, 6.45) is 8.12. The number of hydrogen-bond donors (Lipinski definition) is 2. The molecule has 0 radical (unpaired) electrons. The predicted octanol–water partition coefficient (Wildman–Crippen LogP) is 6.53. The molecular weight excluding hydrogens is 609 g/mol. The zero-order valence-electron chi connectivity index (χ0n) is 25.8. The van der Waals surface area contributed by atoms with Crippen LogP contribution < -0.4 is 20.9 Å². The van der Waals surface area contributed by atoms with Gasteiger partial charge in [0.15, 0.2) is 0 Å². The molecule has 5 aromatic rings. The predicted molar refractivity (Wildman–Crippen MR) is 186 cm³/mol. The van der Waals surface area contributed by atoms with Gasteiger partial charge in [-0.05, 0) is 78.9 Å². The summed E-state index contributed by atoms with van der Waals surface area (Å²) in [5.41, 5.74) is 12.8. The third-order valence-electron chi connectivity index (χ3n) is 9.56. The van der Waals surface area contributed by atoms with Gasteiger partial charge in [0.05, 0.1) is 28.1 Å². The molecule has 2 aromatic carbocycles. The van der Waals surface area contributed by atoms with Crippen molar-refractivity contribution in [1.82, 2.24) is 9.97 Å². The second-order valence-electron chi connectivity index (χ2n) is 12.5. The van der Waals surface area contributed by atoms with Crippen LogP contribution in [-0.2, 0) is 11.2 Å². The average Bonchev–Trinajstić information content (AvgIpc) is 3.46. The molecule has 0 atom stereocenters. The average molecular weight is 643 g/mol. The molecule has 9 nitrogen and oxygen atoms in total. The van der Waals surface area contributed by atoms with Crippen molar-refractivity contribution in [3.8, 4) is 21.6 Å². The van der Waals surface area contributed by atoms with E-state index in [1.807, 2.05) is 60.8 Å². The number of amides is 2. The van der Waals surface area contributed by atoms with Crippen LogP contribution in [0.4, 0.5) is 22.9 Å². The molecule has 236 valence electrons. The van der Waals surface area contributed by atoms with E-state index in [-0.39, 0.29) is 11.8 Å². The number of nitrogen functional groups attached to an aromatic ring is 1. The number of benzene rings is 2. The molecule has 8 rings (SSSR count). The minimum Gasteiger partial charge on any atom is -0.397 e. The van der Waals surface area contributed by atoms with Crippen LogP contribution in [0.25, 0.3) is 21.6 Å². The maximum atomic E-state index is 14.0. The smallest absolute Gasteiger partial charge is 0.265 e. The van der Waals surface area contributed by atoms with Crippen molar-refractivity contribution in [2.75, 3.05) is 53.7 Å². The van der Waals surface area contributed by atoms with Crippen LogP contribution in [0.5, 0.6) is 0 Å². The van der Waals surface area contributed by atoms with Gasteiger partial charge in [0.25, 0.3) is 11.8 Å². The molecule has 47 heavy (non-hydrogen) atoms. The number of rotatable bonds is 5. The number of carbonyl (C=O) groups is 2. The summed E-state index contributed by atoms with van der Waals surface area (Å²) in [6.45, 7) is 4.14. The molecule has 2 saturated heterocycles. The molecule has 3 aliphatic rings. The van der Waals surface area contributed by atoms with E-state index in [4.69, 9.17) is 15.5 Å². The Bertz CT molecular complexity index is 1980. The van der Waals surface area contributed by atoms with Gasteiger partial charge >= 0.3 is 0 Å². The van der Waals surface area contributed by atoms with Gasteiger partial charge < -0.3 is 25.6 Å². The quantitative estimate of drug-likeness (QED) is 0.210. The number of carbonyl (C=O) groups excluding carboxylic acids is 2. The molecule has 3 aromatic heterocycles. The first-order valence-corrected chi connectivity index (χ1v) is 16.7. The molecule has 0 saturated carbocycles. The van der Waals surface area contributed by atoms with Gasteiger partial charge in [-0.15, -0.1) is 11.3 Å². The van der Waals surface area contributed by atoms with Gasteiger partial charge in [0, 0.05) is 72.2 Å². The zero-order chi connectivity index (χ0) is 32.0. The Kier molecular flexibility index (Phi) is 7.46. The van der Waals surface area contributed by atoms with Crippen LogP contribution in [-0.4, -0.2) is 54.6 Å². The minimum atomic E-state index is -0.210. The Morgan fingerprint density at radius 2 is 1.74 bits per heavy atom. The number of ether oxygens (including phenoxy) is 1. The lowest BCUT2D eigenvalue weighted by atomic mass is 9.73. The SMILES string of the molecule is Nc1ccccc1NC(=O)c1cc2c(s1)-c1ccncc1N(C(=O)c1ccc(-c3cccnc3N3CC4(CCOCC4)C3)cc1)CC2. The summed E-state index contributed by atoms with van der Waals surface area (Å²) in [5, 5.41) is 2.93. The highest BCUT2D eigenvalue weighted by Gasteiger charge is 2.45. The number of fused-ring (bicyclic) bond motifs is 3. The number of anilines is 4. The lowest BCUT2D eigenvalue weighted by Crippen LogP contribution is -2.59. The number of thiophene rings is 1. The molecule has 10 heteroatoms. The van der Waals surface area contributed by atoms with E-state index in [9.17, 15) is 9.59 Å². The van der Waals surface area contributed by atoms with Gasteiger partial charge in [-0.2, -0.15) is 0 Å². The monoisotopic (exact) mass is 642 g/mol. The normalized spacial score (nSPS) is 16.5. The first-order chi connectivity index (χ1) is 23.0. The van der Waals surface area contributed by atoms with Crippen LogP contribution in [0.1, 0.15) is 38.4 Å². The minimum absolute atomic E-state index is 0.0888. The Hall–Kier alpha value is -5.06. The van der Waals surface area contributed by atoms with Gasteiger partial charge in [-0.3, -0.25) is 14.6 Å². The molecule has 2 fully saturated rings. The third kappa shape index (κ3) is 5.43. The third-order valence-corrected chi connectivity index (χ3v) is 10.8. The molecule has 0 aliphatic carbocycles. The maximum absolute atomic E-state index is 14.0. The van der Waals surface area contributed by atoms with Gasteiger partial charge in [-0.25, -0.2) is 4.98 Å². The van der Waals surface area contributed by atoms with E-state index < -0.39 is 0 Å². The highest BCUT2D eigenvalue weighted by Crippen LogP contribution is 2.44. The summed E-state index contributed by atoms with van der Waals surface area (Å²) in [7, 11) is 0. The largest absolute Gasteiger partial charge is 0.397 e. The Morgan fingerprint density at radius 3 is 2.55 bits per heavy atom. The summed E-state index contributed by atoms with van der Waals surface area (Å²) >= 11 is 1.42. The summed E-state index contributed by atoms with van der Waals surface area (Å²) < 4.78 is 5.60. The van der Waals surface area contributed by atoms with Gasteiger partial charge in [0.1, 0.15) is 5.82 Å². The number of nitrogens with two attached hydrogens (primary N) is 1. The molecule has 6 heterocycles. The summed E-state index contributed by atoms with van der Waals surface area (Å²) in [5.74, 6) is 0.690. The zero-order valence-corrected chi connectivity index (χ0v) is 26.6. The lowest BCUT2D eigenvalue weighted by molar-refractivity contribution is -0.000417. The van der Waals surface area contributed by atoms with Crippen LogP contribution in [0.15, 0.2) is 91.4 Å². The molecule has 3 aliphatic heterocycles. The summed E-state index contributed by atoms with van der Waals surface area (Å²) in [4.78, 5) is 42.1. The van der Waals surface area contributed by atoms with Crippen molar-refractivity contribution in [1.29, 1.82) is 0 Å². The maximum Gasteiger partial charge on any atom is 0.265 e. The standard InChI is InChI=1S/C37H34N6O3S/c38-29-5-1-2-6-30(29)41-35(44)32-20-26-12-17-43(31-21-39-16-11-28(31)33(26)47-32)36(45)25-9-7-24(8-10-25)27-4-3-15-40-34(27)42-22-37(23-42)13-18-46-19-14-37/h1-11,15-16,20-21H,12-14,17-19,22-23,38H2,(H,41,44). The molecule has 0 unspecified atom stereocenters. The van der Waals surface area contributed by atoms with E-state index in [2.05, 4.69) is 21.3 Å². The van der Waals surface area contributed by atoms with Crippen molar-refractivity contribution >= 4 is 46.0 Å². The number of aromatic nitrogens is 2. The Labute approximate surface area is 277 Å². The fourth-order valence-electron chi connectivity index (χ4n) is 6.96. The summed E-state index contributed by atoms with van der Waals surface area (Å²) in [6, 6.07) is 23.0. The Balaban J connectivity index is 1.02. The van der Waals surface area contributed by atoms with Gasteiger partial charge in [-0.1, -0.05) is 24.3 Å². The fraction of sp³-hybridized carbons (Fsp3) is 0.243. The molecule has 3 N–H and O–H groups in total. The van der Waals surface area contributed by atoms with Crippen molar-refractivity contribution in [3.05, 3.63) is 107 Å². The van der Waals surface area contributed by atoms with E-state index >= 15 is 0 Å². The second kappa shape index (κ2) is 11.9. The lowest BCUT2D eigenvalue weighted by Gasteiger charge is -2.53. The topological polar surface area (TPSA) is 114 Å². The molecule has 2 amide bonds. The van der Waals surface area contributed by atoms with E-state index in [1.54, 1.807) is 29.4 Å². The number of pyridine rings is 2. The van der Waals surface area contributed by atoms with Crippen LogP contribution >= 0.6 is 11.3 Å². The Morgan fingerprint density at radius 1 is 0.936 bits per heavy atom. The molecular formula is C37H34N6O3S. The van der Waals surface area contributed by atoms with Crippen LogP contribution in [0, 0.1) is 5.41 Å².